The van der Waals surface area contributed by atoms with Crippen molar-refractivity contribution in [1.29, 1.82) is 0 Å². The maximum Gasteiger partial charge on any atom is 0.250 e. The Morgan fingerprint density at radius 2 is 1.97 bits per heavy atom. The predicted molar refractivity (Wildman–Crippen MR) is 124 cm³/mol. The highest BCUT2D eigenvalue weighted by Gasteiger charge is 2.12. The van der Waals surface area contributed by atoms with Gasteiger partial charge in [-0.25, -0.2) is 4.98 Å². The van der Waals surface area contributed by atoms with Crippen LogP contribution in [0.2, 0.25) is 0 Å². The summed E-state index contributed by atoms with van der Waals surface area (Å²) in [5, 5.41) is 1.04. The van der Waals surface area contributed by atoms with E-state index >= 15 is 0 Å². The number of aryl methyl sites for hydroxylation is 1. The summed E-state index contributed by atoms with van der Waals surface area (Å²) < 4.78 is 4.95. The number of carbonyl (C=O) groups excluding carboxylic acids is 1. The van der Waals surface area contributed by atoms with Crippen LogP contribution in [-0.4, -0.2) is 41.6 Å². The number of aromatic amines is 1. The molecule has 4 aromatic rings. The van der Waals surface area contributed by atoms with Gasteiger partial charge in [-0.05, 0) is 24.6 Å². The van der Waals surface area contributed by atoms with Crippen molar-refractivity contribution in [2.75, 3.05) is 25.7 Å². The molecule has 1 N–H and O–H groups in total. The summed E-state index contributed by atoms with van der Waals surface area (Å²) in [5.41, 5.74) is 6.82. The lowest BCUT2D eigenvalue weighted by molar-refractivity contribution is -0.113. The van der Waals surface area contributed by atoms with Gasteiger partial charge in [0.2, 0.25) is 0 Å². The fraction of sp³-hybridized carbons (Fsp3) is 0.160. The molecule has 3 heterocycles. The molecule has 0 aliphatic rings. The van der Waals surface area contributed by atoms with Crippen LogP contribution in [0.3, 0.4) is 0 Å². The minimum Gasteiger partial charge on any atom is -0.381 e. The number of amides is 1. The van der Waals surface area contributed by atoms with Crippen molar-refractivity contribution in [3.8, 4) is 22.3 Å². The van der Waals surface area contributed by atoms with Crippen LogP contribution in [0.1, 0.15) is 5.56 Å². The number of aromatic nitrogens is 3. The standard InChI is InChI=1S/C25H24N4O2/c1-17-6-4-7-18(10-17)23-16-28-25-22(23)12-20(14-27-25)19-11-21(15-26-13-19)29(2)24(30)8-5-9-31-3/h4-8,10-16H,9H2,1-3H3,(H,27,28)/b8-5+. The van der Waals surface area contributed by atoms with Crippen molar-refractivity contribution in [1.82, 2.24) is 15.0 Å². The maximum absolute atomic E-state index is 12.4. The fourth-order valence-electron chi connectivity index (χ4n) is 3.47. The minimum atomic E-state index is -0.142. The SMILES string of the molecule is COC/C=C/C(=O)N(C)c1cncc(-c2cnc3[nH]cc(-c4cccc(C)c4)c3c2)c1. The third kappa shape index (κ3) is 4.39. The Morgan fingerprint density at radius 3 is 2.77 bits per heavy atom. The number of hydrogen-bond acceptors (Lipinski definition) is 4. The number of nitrogens with one attached hydrogen (secondary N) is 1. The number of ether oxygens (including phenoxy) is 1. The number of methoxy groups -OCH3 is 1. The molecule has 0 saturated heterocycles. The van der Waals surface area contributed by atoms with Crippen LogP contribution >= 0.6 is 0 Å². The molecule has 6 heteroatoms. The molecule has 6 nitrogen and oxygen atoms in total. The molecule has 0 radical (unpaired) electrons. The largest absolute Gasteiger partial charge is 0.381 e. The Morgan fingerprint density at radius 1 is 1.13 bits per heavy atom. The van der Waals surface area contributed by atoms with Gasteiger partial charge in [0.15, 0.2) is 0 Å². The quantitative estimate of drug-likeness (QED) is 0.463. The van der Waals surface area contributed by atoms with Crippen molar-refractivity contribution in [2.45, 2.75) is 6.92 Å². The van der Waals surface area contributed by atoms with Gasteiger partial charge in [0.05, 0.1) is 18.5 Å². The second-order valence-corrected chi connectivity index (χ2v) is 7.38. The summed E-state index contributed by atoms with van der Waals surface area (Å²) >= 11 is 0. The highest BCUT2D eigenvalue weighted by Crippen LogP contribution is 2.32. The second-order valence-electron chi connectivity index (χ2n) is 7.38. The summed E-state index contributed by atoms with van der Waals surface area (Å²) in [6.07, 6.45) is 10.4. The third-order valence-corrected chi connectivity index (χ3v) is 5.16. The molecular weight excluding hydrogens is 388 g/mol. The molecule has 1 aromatic carbocycles. The zero-order valence-electron chi connectivity index (χ0n) is 17.8. The van der Waals surface area contributed by atoms with E-state index in [1.54, 1.807) is 37.5 Å². The normalized spacial score (nSPS) is 11.3. The Kier molecular flexibility index (Phi) is 5.91. The summed E-state index contributed by atoms with van der Waals surface area (Å²) in [6, 6.07) is 12.5. The van der Waals surface area contributed by atoms with Crippen LogP contribution in [0.5, 0.6) is 0 Å². The van der Waals surface area contributed by atoms with E-state index in [1.165, 1.54) is 11.6 Å². The molecule has 1 amide bonds. The number of rotatable bonds is 6. The number of hydrogen-bond donors (Lipinski definition) is 1. The lowest BCUT2D eigenvalue weighted by Gasteiger charge is -2.16. The first-order valence-corrected chi connectivity index (χ1v) is 9.99. The molecule has 156 valence electrons. The van der Waals surface area contributed by atoms with Crippen LogP contribution in [0.15, 0.2) is 73.3 Å². The van der Waals surface area contributed by atoms with Gasteiger partial charge in [0, 0.05) is 60.9 Å². The highest BCUT2D eigenvalue weighted by molar-refractivity contribution is 6.01. The van der Waals surface area contributed by atoms with Gasteiger partial charge in [0.1, 0.15) is 5.65 Å². The molecule has 0 atom stereocenters. The van der Waals surface area contributed by atoms with Crippen molar-refractivity contribution < 1.29 is 9.53 Å². The van der Waals surface area contributed by atoms with E-state index < -0.39 is 0 Å². The van der Waals surface area contributed by atoms with Crippen LogP contribution in [0, 0.1) is 6.92 Å². The van der Waals surface area contributed by atoms with E-state index in [1.807, 2.05) is 18.5 Å². The lowest BCUT2D eigenvalue weighted by atomic mass is 10.0. The maximum atomic E-state index is 12.4. The molecule has 0 spiro atoms. The fourth-order valence-corrected chi connectivity index (χ4v) is 3.47. The Balaban J connectivity index is 1.68. The van der Waals surface area contributed by atoms with Crippen molar-refractivity contribution in [2.24, 2.45) is 0 Å². The number of fused-ring (bicyclic) bond motifs is 1. The van der Waals surface area contributed by atoms with E-state index in [0.717, 1.165) is 33.3 Å². The number of benzene rings is 1. The zero-order chi connectivity index (χ0) is 21.8. The van der Waals surface area contributed by atoms with E-state index in [9.17, 15) is 4.79 Å². The van der Waals surface area contributed by atoms with Crippen LogP contribution < -0.4 is 4.90 Å². The van der Waals surface area contributed by atoms with Gasteiger partial charge in [-0.15, -0.1) is 0 Å². The van der Waals surface area contributed by atoms with Crippen molar-refractivity contribution in [3.63, 3.8) is 0 Å². The number of H-pyrrole nitrogens is 1. The van der Waals surface area contributed by atoms with Gasteiger partial charge >= 0.3 is 0 Å². The molecule has 0 saturated carbocycles. The summed E-state index contributed by atoms with van der Waals surface area (Å²) in [4.78, 5) is 26.1. The van der Waals surface area contributed by atoms with E-state index in [-0.39, 0.29) is 5.91 Å². The van der Waals surface area contributed by atoms with Crippen molar-refractivity contribution >= 4 is 22.6 Å². The average Bonchev–Trinajstić information content (AvgIpc) is 3.22. The Hall–Kier alpha value is -3.77. The first-order valence-electron chi connectivity index (χ1n) is 9.99. The molecular formula is C25H24N4O2. The molecule has 0 bridgehead atoms. The topological polar surface area (TPSA) is 71.1 Å². The molecule has 4 rings (SSSR count). The monoisotopic (exact) mass is 412 g/mol. The molecule has 0 unspecified atom stereocenters. The zero-order valence-corrected chi connectivity index (χ0v) is 17.8. The number of anilines is 1. The molecule has 0 fully saturated rings. The number of pyridine rings is 2. The first-order chi connectivity index (χ1) is 15.1. The molecule has 3 aromatic heterocycles. The van der Waals surface area contributed by atoms with Gasteiger partial charge in [-0.2, -0.15) is 0 Å². The van der Waals surface area contributed by atoms with Crippen LogP contribution in [-0.2, 0) is 9.53 Å². The number of nitrogens with zero attached hydrogens (tertiary/aromatic N) is 3. The van der Waals surface area contributed by atoms with Crippen LogP contribution in [0.4, 0.5) is 5.69 Å². The molecule has 0 aliphatic carbocycles. The average molecular weight is 412 g/mol. The van der Waals surface area contributed by atoms with Gasteiger partial charge in [-0.1, -0.05) is 35.9 Å². The molecule has 31 heavy (non-hydrogen) atoms. The van der Waals surface area contributed by atoms with Gasteiger partial charge in [-0.3, -0.25) is 9.78 Å². The second kappa shape index (κ2) is 8.93. The Bertz CT molecular complexity index is 1260. The minimum absolute atomic E-state index is 0.142. The van der Waals surface area contributed by atoms with E-state index in [4.69, 9.17) is 4.74 Å². The molecule has 0 aliphatic heterocycles. The van der Waals surface area contributed by atoms with Gasteiger partial charge < -0.3 is 14.6 Å². The van der Waals surface area contributed by atoms with Gasteiger partial charge in [0.25, 0.3) is 5.91 Å². The van der Waals surface area contributed by atoms with Crippen molar-refractivity contribution in [3.05, 3.63) is 78.9 Å². The smallest absolute Gasteiger partial charge is 0.250 e. The summed E-state index contributed by atoms with van der Waals surface area (Å²) in [6.45, 7) is 2.48. The van der Waals surface area contributed by atoms with E-state index in [0.29, 0.717) is 12.3 Å². The Labute approximate surface area is 181 Å². The summed E-state index contributed by atoms with van der Waals surface area (Å²) in [7, 11) is 3.31. The third-order valence-electron chi connectivity index (χ3n) is 5.16. The number of likely N-dealkylation sites (N-methyl/N-ethyl adjacent to an activating group) is 1. The van der Waals surface area contributed by atoms with E-state index in [2.05, 4.69) is 52.2 Å². The first kappa shape index (κ1) is 20.5. The highest BCUT2D eigenvalue weighted by atomic mass is 16.5. The summed E-state index contributed by atoms with van der Waals surface area (Å²) in [5.74, 6) is -0.142. The lowest BCUT2D eigenvalue weighted by Crippen LogP contribution is -2.24. The number of carbonyl (C=O) groups is 1. The predicted octanol–water partition coefficient (Wildman–Crippen LogP) is 4.77. The van der Waals surface area contributed by atoms with Crippen LogP contribution in [0.25, 0.3) is 33.3 Å².